The van der Waals surface area contributed by atoms with E-state index >= 15 is 0 Å². The van der Waals surface area contributed by atoms with Crippen molar-refractivity contribution in [2.75, 3.05) is 0 Å². The first-order valence-electron chi connectivity index (χ1n) is 3.67. The second-order valence-electron chi connectivity index (χ2n) is 2.73. The van der Waals surface area contributed by atoms with Crippen LogP contribution in [0.2, 0.25) is 0 Å². The van der Waals surface area contributed by atoms with Gasteiger partial charge in [-0.1, -0.05) is 0 Å². The van der Waals surface area contributed by atoms with Crippen LogP contribution in [0.25, 0.3) is 10.9 Å². The molecule has 1 atom stereocenters. The molecule has 0 radical (unpaired) electrons. The minimum absolute atomic E-state index is 1.04. The molecule has 4 heteroatoms. The van der Waals surface area contributed by atoms with Crippen LogP contribution in [-0.4, -0.2) is 21.8 Å². The quantitative estimate of drug-likeness (QED) is 0.478. The Morgan fingerprint density at radius 2 is 2.08 bits per heavy atom. The Morgan fingerprint density at radius 3 is 2.85 bits per heavy atom. The van der Waals surface area contributed by atoms with E-state index in [0.29, 0.717) is 0 Å². The molecule has 1 heterocycles. The standard InChI is InChI=1S/C9H6AsBrIN/c10-6-1-5-2-7(11)4-13-9(5)8(12)3-6/h1-4H,10H2. The minimum atomic E-state index is 1.04. The van der Waals surface area contributed by atoms with Crippen molar-refractivity contribution in [3.8, 4) is 0 Å². The number of pyridine rings is 1. The first kappa shape index (κ1) is 9.93. The Labute approximate surface area is 107 Å². The zero-order valence-electron chi connectivity index (χ0n) is 6.59. The van der Waals surface area contributed by atoms with Crippen LogP contribution in [0.15, 0.2) is 28.9 Å². The number of hydrogen-bond acceptors (Lipinski definition) is 1. The van der Waals surface area contributed by atoms with E-state index in [1.54, 1.807) is 16.9 Å². The van der Waals surface area contributed by atoms with Crippen LogP contribution in [0.5, 0.6) is 0 Å². The predicted molar refractivity (Wildman–Crippen MR) is 70.3 cm³/mol. The number of aromatic nitrogens is 1. The van der Waals surface area contributed by atoms with Crippen molar-refractivity contribution < 1.29 is 0 Å². The summed E-state index contributed by atoms with van der Waals surface area (Å²) in [5, 5.41) is 1.21. The third kappa shape index (κ3) is 2.08. The van der Waals surface area contributed by atoms with E-state index in [-0.39, 0.29) is 0 Å². The van der Waals surface area contributed by atoms with Gasteiger partial charge in [-0.25, -0.2) is 0 Å². The fourth-order valence-corrected chi connectivity index (χ4v) is 3.80. The Hall–Kier alpha value is 0.398. The summed E-state index contributed by atoms with van der Waals surface area (Å²) in [6.07, 6.45) is 1.84. The third-order valence-electron chi connectivity index (χ3n) is 1.73. The van der Waals surface area contributed by atoms with Gasteiger partial charge in [0.15, 0.2) is 0 Å². The van der Waals surface area contributed by atoms with Crippen molar-refractivity contribution in [2.24, 2.45) is 0 Å². The average molecular weight is 410 g/mol. The second-order valence-corrected chi connectivity index (χ2v) is 6.20. The summed E-state index contributed by atoms with van der Waals surface area (Å²) in [4.78, 5) is 4.37. The molecule has 2 aromatic rings. The molecule has 0 aliphatic rings. The maximum absolute atomic E-state index is 4.37. The molecule has 1 aromatic carbocycles. The van der Waals surface area contributed by atoms with Crippen LogP contribution >= 0.6 is 38.5 Å². The summed E-state index contributed by atoms with van der Waals surface area (Å²) in [6, 6.07) is 6.45. The maximum atomic E-state index is 4.37. The SMILES string of the molecule is [AsH2]c1cc(I)c2ncc(Br)cc2c1. The second kappa shape index (κ2) is 3.87. The van der Waals surface area contributed by atoms with Crippen LogP contribution in [0, 0.1) is 3.57 Å². The Morgan fingerprint density at radius 1 is 1.31 bits per heavy atom. The predicted octanol–water partition coefficient (Wildman–Crippen LogP) is 1.86. The first-order valence-corrected chi connectivity index (χ1v) is 6.75. The average Bonchev–Trinajstić information content (AvgIpc) is 2.02. The van der Waals surface area contributed by atoms with E-state index in [9.17, 15) is 0 Å². The first-order chi connectivity index (χ1) is 6.16. The van der Waals surface area contributed by atoms with Crippen LogP contribution in [0.4, 0.5) is 0 Å². The molecule has 1 aromatic heterocycles. The monoisotopic (exact) mass is 409 g/mol. The van der Waals surface area contributed by atoms with Gasteiger partial charge in [-0.3, -0.25) is 0 Å². The summed E-state index contributed by atoms with van der Waals surface area (Å²) < 4.78 is 3.60. The van der Waals surface area contributed by atoms with E-state index < -0.39 is 0 Å². The van der Waals surface area contributed by atoms with Crippen molar-refractivity contribution in [1.29, 1.82) is 0 Å². The summed E-state index contributed by atoms with van der Waals surface area (Å²) in [6.45, 7) is 0. The summed E-state index contributed by atoms with van der Waals surface area (Å²) >= 11 is 7.40. The van der Waals surface area contributed by atoms with Gasteiger partial charge >= 0.3 is 108 Å². The van der Waals surface area contributed by atoms with Gasteiger partial charge in [0.05, 0.1) is 0 Å². The fourth-order valence-electron chi connectivity index (χ4n) is 1.20. The fraction of sp³-hybridized carbons (Fsp3) is 0. The van der Waals surface area contributed by atoms with E-state index in [2.05, 4.69) is 61.7 Å². The van der Waals surface area contributed by atoms with Crippen LogP contribution in [-0.2, 0) is 0 Å². The van der Waals surface area contributed by atoms with Gasteiger partial charge in [0, 0.05) is 0 Å². The zero-order chi connectivity index (χ0) is 9.42. The molecule has 0 amide bonds. The number of hydrogen-bond donors (Lipinski definition) is 0. The molecule has 0 aliphatic heterocycles. The Balaban J connectivity index is 2.86. The Kier molecular flexibility index (Phi) is 2.96. The molecule has 0 fully saturated rings. The molecule has 0 saturated heterocycles. The molecule has 0 spiro atoms. The third-order valence-corrected chi connectivity index (χ3v) is 3.68. The van der Waals surface area contributed by atoms with Gasteiger partial charge < -0.3 is 0 Å². The normalized spacial score (nSPS) is 10.7. The molecule has 0 bridgehead atoms. The van der Waals surface area contributed by atoms with Crippen LogP contribution < -0.4 is 4.35 Å². The molecule has 66 valence electrons. The van der Waals surface area contributed by atoms with Gasteiger partial charge in [0.25, 0.3) is 0 Å². The molecular formula is C9H6AsBrIN. The van der Waals surface area contributed by atoms with Crippen molar-refractivity contribution in [3.63, 3.8) is 0 Å². The summed E-state index contributed by atoms with van der Waals surface area (Å²) in [5.41, 5.74) is 1.09. The Bertz CT molecular complexity index is 467. The van der Waals surface area contributed by atoms with Crippen molar-refractivity contribution in [2.45, 2.75) is 0 Å². The molecule has 1 nitrogen and oxygen atoms in total. The van der Waals surface area contributed by atoms with E-state index in [4.69, 9.17) is 0 Å². The van der Waals surface area contributed by atoms with Gasteiger partial charge in [-0.15, -0.1) is 0 Å². The van der Waals surface area contributed by atoms with Gasteiger partial charge in [-0.2, -0.15) is 0 Å². The number of nitrogens with zero attached hydrogens (tertiary/aromatic N) is 1. The summed E-state index contributed by atoms with van der Waals surface area (Å²) in [7, 11) is 0. The zero-order valence-corrected chi connectivity index (χ0v) is 12.8. The number of rotatable bonds is 0. The molecule has 0 aliphatic carbocycles. The van der Waals surface area contributed by atoms with E-state index in [1.165, 1.54) is 13.3 Å². The topological polar surface area (TPSA) is 12.9 Å². The van der Waals surface area contributed by atoms with Crippen molar-refractivity contribution >= 4 is 70.6 Å². The van der Waals surface area contributed by atoms with Crippen molar-refractivity contribution in [1.82, 2.24) is 4.98 Å². The van der Waals surface area contributed by atoms with E-state index in [1.807, 2.05) is 6.20 Å². The molecule has 0 saturated carbocycles. The number of fused-ring (bicyclic) bond motifs is 1. The van der Waals surface area contributed by atoms with E-state index in [0.717, 1.165) is 9.99 Å². The molecule has 1 unspecified atom stereocenters. The molecule has 0 N–H and O–H groups in total. The number of halogens is 2. The van der Waals surface area contributed by atoms with Crippen molar-refractivity contribution in [3.05, 3.63) is 32.4 Å². The molecule has 13 heavy (non-hydrogen) atoms. The molecular weight excluding hydrogens is 404 g/mol. The van der Waals surface area contributed by atoms with Crippen LogP contribution in [0.3, 0.4) is 0 Å². The molecule has 2 rings (SSSR count). The van der Waals surface area contributed by atoms with Gasteiger partial charge in [0.2, 0.25) is 0 Å². The van der Waals surface area contributed by atoms with Gasteiger partial charge in [0.1, 0.15) is 0 Å². The summed E-state index contributed by atoms with van der Waals surface area (Å²) in [5.74, 6) is 0. The van der Waals surface area contributed by atoms with Crippen LogP contribution in [0.1, 0.15) is 0 Å². The number of benzene rings is 1. The van der Waals surface area contributed by atoms with Gasteiger partial charge in [-0.05, 0) is 0 Å².